The molecule has 27 heavy (non-hydrogen) atoms. The monoisotopic (exact) mass is 376 g/mol. The second-order valence-electron chi connectivity index (χ2n) is 7.55. The average molecular weight is 377 g/mol. The number of oxime groups is 1. The number of benzene rings is 1. The molecule has 0 aliphatic rings. The second-order valence-corrected chi connectivity index (χ2v) is 7.55. The van der Waals surface area contributed by atoms with E-state index in [9.17, 15) is 0 Å². The summed E-state index contributed by atoms with van der Waals surface area (Å²) < 4.78 is 5.81. The minimum atomic E-state index is -0.0969. The molecule has 0 heterocycles. The van der Waals surface area contributed by atoms with Crippen LogP contribution in [0.4, 0.5) is 0 Å². The Labute approximate surface area is 166 Å². The van der Waals surface area contributed by atoms with Crippen LogP contribution in [0.2, 0.25) is 0 Å². The zero-order chi connectivity index (χ0) is 19.7. The smallest absolute Gasteiger partial charge is 0.146 e. The lowest BCUT2D eigenvalue weighted by molar-refractivity contribution is 0.304. The van der Waals surface area contributed by atoms with E-state index in [4.69, 9.17) is 15.7 Å². The summed E-state index contributed by atoms with van der Waals surface area (Å²) in [6.45, 7) is 4.96. The predicted molar refractivity (Wildman–Crippen MR) is 115 cm³/mol. The average Bonchev–Trinajstić information content (AvgIpc) is 2.70. The Morgan fingerprint density at radius 1 is 0.889 bits per heavy atom. The molecule has 1 unspecified atom stereocenters. The fourth-order valence-electron chi connectivity index (χ4n) is 3.24. The first kappa shape index (κ1) is 23.3. The van der Waals surface area contributed by atoms with Gasteiger partial charge in [0.05, 0.1) is 6.61 Å². The molecule has 0 spiro atoms. The quantitative estimate of drug-likeness (QED) is 0.112. The van der Waals surface area contributed by atoms with E-state index in [1.165, 1.54) is 70.6 Å². The molecule has 0 aliphatic carbocycles. The van der Waals surface area contributed by atoms with Gasteiger partial charge in [0.1, 0.15) is 11.6 Å². The first-order valence-electron chi connectivity index (χ1n) is 10.9. The van der Waals surface area contributed by atoms with Gasteiger partial charge in [-0.2, -0.15) is 0 Å². The molecule has 1 aromatic carbocycles. The topological polar surface area (TPSA) is 67.8 Å². The Balaban J connectivity index is 1.99. The molecule has 3 N–H and O–H groups in total. The van der Waals surface area contributed by atoms with Gasteiger partial charge in [0, 0.05) is 5.92 Å². The summed E-state index contributed by atoms with van der Waals surface area (Å²) in [6.07, 6.45) is 16.2. The zero-order valence-corrected chi connectivity index (χ0v) is 17.5. The van der Waals surface area contributed by atoms with E-state index >= 15 is 0 Å². The van der Waals surface area contributed by atoms with Crippen LogP contribution in [0, 0.1) is 0 Å². The molecular formula is C23H40N2O2. The zero-order valence-electron chi connectivity index (χ0n) is 17.5. The summed E-state index contributed by atoms with van der Waals surface area (Å²) in [6, 6.07) is 7.86. The van der Waals surface area contributed by atoms with Gasteiger partial charge in [0.2, 0.25) is 0 Å². The molecule has 0 fully saturated rings. The van der Waals surface area contributed by atoms with Gasteiger partial charge in [-0.15, -0.1) is 0 Å². The largest absolute Gasteiger partial charge is 0.494 e. The van der Waals surface area contributed by atoms with Crippen molar-refractivity contribution >= 4 is 5.84 Å². The normalized spacial score (nSPS) is 12.9. The van der Waals surface area contributed by atoms with E-state index in [0.717, 1.165) is 24.3 Å². The Bertz CT molecular complexity index is 500. The molecule has 154 valence electrons. The number of ether oxygens (including phenoxy) is 1. The van der Waals surface area contributed by atoms with Crippen molar-refractivity contribution in [3.8, 4) is 5.75 Å². The fourth-order valence-corrected chi connectivity index (χ4v) is 3.24. The van der Waals surface area contributed by atoms with Crippen molar-refractivity contribution in [2.45, 2.75) is 96.8 Å². The summed E-state index contributed by atoms with van der Waals surface area (Å²) in [7, 11) is 0. The molecule has 0 saturated heterocycles. The Morgan fingerprint density at radius 3 is 1.85 bits per heavy atom. The lowest BCUT2D eigenvalue weighted by Crippen LogP contribution is -2.19. The Morgan fingerprint density at radius 2 is 1.37 bits per heavy atom. The number of rotatable bonds is 16. The van der Waals surface area contributed by atoms with Crippen molar-refractivity contribution in [2.75, 3.05) is 6.61 Å². The maximum absolute atomic E-state index is 8.75. The molecule has 4 nitrogen and oxygen atoms in total. The highest BCUT2D eigenvalue weighted by Crippen LogP contribution is 2.20. The molecule has 0 radical (unpaired) electrons. The molecule has 1 atom stereocenters. The predicted octanol–water partition coefficient (Wildman–Crippen LogP) is 6.62. The van der Waals surface area contributed by atoms with Gasteiger partial charge in [-0.25, -0.2) is 0 Å². The number of amidine groups is 1. The van der Waals surface area contributed by atoms with E-state index in [-0.39, 0.29) is 11.8 Å². The minimum absolute atomic E-state index is 0.0969. The van der Waals surface area contributed by atoms with Crippen LogP contribution in [0.25, 0.3) is 0 Å². The van der Waals surface area contributed by atoms with Gasteiger partial charge >= 0.3 is 0 Å². The van der Waals surface area contributed by atoms with Gasteiger partial charge in [-0.05, 0) is 24.1 Å². The van der Waals surface area contributed by atoms with Crippen LogP contribution in [0.3, 0.4) is 0 Å². The van der Waals surface area contributed by atoms with Crippen LogP contribution < -0.4 is 10.5 Å². The van der Waals surface area contributed by atoms with Gasteiger partial charge in [0.25, 0.3) is 0 Å². The lowest BCUT2D eigenvalue weighted by Gasteiger charge is -2.11. The summed E-state index contributed by atoms with van der Waals surface area (Å²) in [5.41, 5.74) is 6.66. The fraction of sp³-hybridized carbons (Fsp3) is 0.696. The van der Waals surface area contributed by atoms with Crippen molar-refractivity contribution < 1.29 is 9.94 Å². The molecule has 0 saturated carbocycles. The van der Waals surface area contributed by atoms with E-state index in [0.29, 0.717) is 0 Å². The van der Waals surface area contributed by atoms with Crippen LogP contribution in [0.1, 0.15) is 102 Å². The van der Waals surface area contributed by atoms with E-state index < -0.39 is 0 Å². The van der Waals surface area contributed by atoms with E-state index in [1.54, 1.807) is 0 Å². The van der Waals surface area contributed by atoms with Crippen molar-refractivity contribution in [3.05, 3.63) is 29.8 Å². The van der Waals surface area contributed by atoms with Crippen LogP contribution in [-0.2, 0) is 0 Å². The number of unbranched alkanes of at least 4 members (excludes halogenated alkanes) is 11. The Kier molecular flexibility index (Phi) is 13.3. The maximum atomic E-state index is 8.75. The summed E-state index contributed by atoms with van der Waals surface area (Å²) in [5.74, 6) is 1.01. The molecule has 0 bridgehead atoms. The van der Waals surface area contributed by atoms with Gasteiger partial charge < -0.3 is 15.7 Å². The highest BCUT2D eigenvalue weighted by Gasteiger charge is 2.10. The van der Waals surface area contributed by atoms with Crippen LogP contribution in [0.15, 0.2) is 29.4 Å². The first-order valence-corrected chi connectivity index (χ1v) is 10.9. The maximum Gasteiger partial charge on any atom is 0.146 e. The van der Waals surface area contributed by atoms with Crippen molar-refractivity contribution in [3.63, 3.8) is 0 Å². The van der Waals surface area contributed by atoms with Crippen molar-refractivity contribution in [2.24, 2.45) is 10.9 Å². The Hall–Kier alpha value is -1.71. The standard InChI is InChI=1S/C23H40N2O2/c1-3-4-5-6-7-8-9-10-11-12-13-14-19-27-22-17-15-21(16-18-22)20(2)23(24)25-26/h15-18,20,26H,3-14,19H2,1-2H3,(H2,24,25). The molecular weight excluding hydrogens is 336 g/mol. The second kappa shape index (κ2) is 15.4. The third-order valence-electron chi connectivity index (χ3n) is 5.21. The molecule has 4 heteroatoms. The minimum Gasteiger partial charge on any atom is -0.494 e. The highest BCUT2D eigenvalue weighted by atomic mass is 16.5. The number of nitrogens with zero attached hydrogens (tertiary/aromatic N) is 1. The van der Waals surface area contributed by atoms with E-state index in [1.807, 2.05) is 31.2 Å². The third-order valence-corrected chi connectivity index (χ3v) is 5.21. The first-order chi connectivity index (χ1) is 13.2. The number of hydrogen-bond acceptors (Lipinski definition) is 3. The van der Waals surface area contributed by atoms with Crippen LogP contribution >= 0.6 is 0 Å². The van der Waals surface area contributed by atoms with Crippen molar-refractivity contribution in [1.82, 2.24) is 0 Å². The lowest BCUT2D eigenvalue weighted by atomic mass is 10.0. The summed E-state index contributed by atoms with van der Waals surface area (Å²) in [4.78, 5) is 0. The molecule has 0 aromatic heterocycles. The molecule has 0 amide bonds. The van der Waals surface area contributed by atoms with E-state index in [2.05, 4.69) is 12.1 Å². The summed E-state index contributed by atoms with van der Waals surface area (Å²) in [5, 5.41) is 11.8. The van der Waals surface area contributed by atoms with Crippen LogP contribution in [-0.4, -0.2) is 17.6 Å². The SMILES string of the molecule is CCCCCCCCCCCCCCOc1ccc(C(C)C(N)=NO)cc1. The third kappa shape index (κ3) is 10.9. The molecule has 1 aromatic rings. The number of nitrogens with two attached hydrogens (primary N) is 1. The van der Waals surface area contributed by atoms with Gasteiger partial charge in [-0.1, -0.05) is 102 Å². The molecule has 0 aliphatic heterocycles. The highest BCUT2D eigenvalue weighted by molar-refractivity contribution is 5.86. The van der Waals surface area contributed by atoms with Crippen molar-refractivity contribution in [1.29, 1.82) is 0 Å². The van der Waals surface area contributed by atoms with Crippen LogP contribution in [0.5, 0.6) is 5.75 Å². The van der Waals surface area contributed by atoms with Gasteiger partial charge in [-0.3, -0.25) is 0 Å². The molecule has 1 rings (SSSR count). The number of hydrogen-bond donors (Lipinski definition) is 2. The van der Waals surface area contributed by atoms with Gasteiger partial charge in [0.15, 0.2) is 0 Å². The summed E-state index contributed by atoms with van der Waals surface area (Å²) >= 11 is 0.